The number of hydrazine groups is 1. The number of rotatable bonds is 7. The van der Waals surface area contributed by atoms with Gasteiger partial charge in [-0.05, 0) is 13.5 Å². The zero-order chi connectivity index (χ0) is 18.6. The van der Waals surface area contributed by atoms with Gasteiger partial charge in [-0.2, -0.15) is 5.26 Å². The maximum Gasteiger partial charge on any atom is 0.236 e. The molecule has 0 saturated carbocycles. The molecule has 1 aliphatic rings. The highest BCUT2D eigenvalue weighted by Gasteiger charge is 2.65. The quantitative estimate of drug-likeness (QED) is 0.449. The largest absolute Gasteiger partial charge is 0.350 e. The fourth-order valence-electron chi connectivity index (χ4n) is 3.41. The molecule has 2 unspecified atom stereocenters. The van der Waals surface area contributed by atoms with Crippen molar-refractivity contribution in [3.8, 4) is 6.07 Å². The molecule has 0 aromatic heterocycles. The Balaban J connectivity index is 3.59. The van der Waals surface area contributed by atoms with Gasteiger partial charge in [0.1, 0.15) is 0 Å². The molecule has 1 heterocycles. The number of ether oxygens (including phenoxy) is 1. The zero-order valence-electron chi connectivity index (χ0n) is 14.9. The van der Waals surface area contributed by atoms with Gasteiger partial charge in [-0.1, -0.05) is 0 Å². The zero-order valence-corrected chi connectivity index (χ0v) is 15.7. The van der Waals surface area contributed by atoms with Crippen LogP contribution in [0.1, 0.15) is 26.2 Å². The van der Waals surface area contributed by atoms with Crippen LogP contribution in [0.25, 0.3) is 0 Å². The molecule has 1 rings (SSSR count). The van der Waals surface area contributed by atoms with Gasteiger partial charge in [-0.25, -0.2) is 18.4 Å². The fourth-order valence-corrected chi connectivity index (χ4v) is 5.23. The Kier molecular flexibility index (Phi) is 6.72. The van der Waals surface area contributed by atoms with Crippen LogP contribution in [0.2, 0.25) is 0 Å². The highest BCUT2D eigenvalue weighted by molar-refractivity contribution is 7.92. The fraction of sp³-hybridized carbons (Fsp3) is 0.857. The van der Waals surface area contributed by atoms with E-state index in [9.17, 15) is 13.2 Å². The number of carbonyl (C=O) groups excluding carboxylic acids is 1. The number of likely N-dealkylation sites (N-methyl/N-ethyl adjacent to an activating group) is 1. The average molecular weight is 361 g/mol. The Morgan fingerprint density at radius 1 is 1.46 bits per heavy atom. The molecular weight excluding hydrogens is 334 g/mol. The second-order valence-corrected chi connectivity index (χ2v) is 8.14. The monoisotopic (exact) mass is 361 g/mol. The molecule has 138 valence electrons. The first kappa shape index (κ1) is 20.8. The standard InChI is InChI=1S/C14H27N5O4S/c1-12(20)17-13(23-11-7-9-15)8-6-10-19(18(3)4)14(13,16-2)24(5,21)22/h16H,6-8,10-11H2,1-5H3,(H,17,20). The first-order valence-electron chi connectivity index (χ1n) is 7.71. The minimum Gasteiger partial charge on any atom is -0.350 e. The number of carbonyl (C=O) groups is 1. The van der Waals surface area contributed by atoms with E-state index >= 15 is 0 Å². The maximum absolute atomic E-state index is 12.9. The molecule has 9 nitrogen and oxygen atoms in total. The lowest BCUT2D eigenvalue weighted by molar-refractivity contribution is -0.216. The molecule has 0 aromatic rings. The SMILES string of the molecule is CNC1(S(C)(=O)=O)N(N(C)C)CCCC1(NC(C)=O)OCCC#N. The van der Waals surface area contributed by atoms with E-state index in [0.717, 1.165) is 6.26 Å². The van der Waals surface area contributed by atoms with Crippen molar-refractivity contribution in [2.45, 2.75) is 36.9 Å². The van der Waals surface area contributed by atoms with Gasteiger partial charge in [0, 0.05) is 40.2 Å². The van der Waals surface area contributed by atoms with Crippen LogP contribution in [0.15, 0.2) is 0 Å². The summed E-state index contributed by atoms with van der Waals surface area (Å²) >= 11 is 0. The number of hydrogen-bond donors (Lipinski definition) is 2. The van der Waals surface area contributed by atoms with E-state index in [1.54, 1.807) is 24.1 Å². The highest BCUT2D eigenvalue weighted by Crippen LogP contribution is 2.40. The van der Waals surface area contributed by atoms with E-state index < -0.39 is 26.5 Å². The summed E-state index contributed by atoms with van der Waals surface area (Å²) in [4.78, 5) is 10.2. The van der Waals surface area contributed by atoms with E-state index in [0.29, 0.717) is 19.4 Å². The normalized spacial score (nSPS) is 28.5. The van der Waals surface area contributed by atoms with Crippen LogP contribution in [0, 0.1) is 11.3 Å². The van der Waals surface area contributed by atoms with Crippen LogP contribution < -0.4 is 10.6 Å². The van der Waals surface area contributed by atoms with Gasteiger partial charge in [-0.3, -0.25) is 10.1 Å². The molecule has 10 heteroatoms. The lowest BCUT2D eigenvalue weighted by Crippen LogP contribution is -2.83. The van der Waals surface area contributed by atoms with Crippen molar-refractivity contribution in [2.75, 3.05) is 40.6 Å². The molecule has 2 N–H and O–H groups in total. The first-order valence-corrected chi connectivity index (χ1v) is 9.60. The molecule has 1 fully saturated rings. The van der Waals surface area contributed by atoms with Crippen LogP contribution in [0.5, 0.6) is 0 Å². The van der Waals surface area contributed by atoms with Crippen molar-refractivity contribution in [3.63, 3.8) is 0 Å². The molecule has 0 spiro atoms. The Morgan fingerprint density at radius 3 is 2.50 bits per heavy atom. The van der Waals surface area contributed by atoms with Gasteiger partial charge in [0.15, 0.2) is 15.6 Å². The third-order valence-electron chi connectivity index (χ3n) is 4.11. The van der Waals surface area contributed by atoms with E-state index in [4.69, 9.17) is 10.00 Å². The molecule has 0 aliphatic carbocycles. The summed E-state index contributed by atoms with van der Waals surface area (Å²) in [5.74, 6) is -0.407. The molecule has 1 saturated heterocycles. The van der Waals surface area contributed by atoms with Crippen LogP contribution in [0.3, 0.4) is 0 Å². The van der Waals surface area contributed by atoms with Crippen LogP contribution in [-0.2, 0) is 19.4 Å². The van der Waals surface area contributed by atoms with Gasteiger partial charge < -0.3 is 10.1 Å². The number of sulfone groups is 1. The second-order valence-electron chi connectivity index (χ2n) is 6.00. The maximum atomic E-state index is 12.9. The van der Waals surface area contributed by atoms with Gasteiger partial charge in [-0.15, -0.1) is 0 Å². The molecule has 1 aliphatic heterocycles. The van der Waals surface area contributed by atoms with E-state index in [1.807, 2.05) is 6.07 Å². The topological polar surface area (TPSA) is 115 Å². The molecule has 24 heavy (non-hydrogen) atoms. The Morgan fingerprint density at radius 2 is 2.08 bits per heavy atom. The van der Waals surface area contributed by atoms with Gasteiger partial charge in [0.2, 0.25) is 10.9 Å². The first-order chi connectivity index (χ1) is 11.1. The van der Waals surface area contributed by atoms with Gasteiger partial charge in [0.05, 0.1) is 19.1 Å². The molecule has 2 atom stereocenters. The van der Waals surface area contributed by atoms with E-state index in [2.05, 4.69) is 10.6 Å². The Bertz CT molecular complexity index is 603. The Labute approximate surface area is 143 Å². The number of amides is 1. The Hall–Kier alpha value is -1.25. The summed E-state index contributed by atoms with van der Waals surface area (Å²) in [6, 6.07) is 1.96. The summed E-state index contributed by atoms with van der Waals surface area (Å²) in [6.07, 6.45) is 2.11. The molecule has 1 amide bonds. The van der Waals surface area contributed by atoms with Crippen molar-refractivity contribution in [2.24, 2.45) is 0 Å². The van der Waals surface area contributed by atoms with Crippen molar-refractivity contribution in [3.05, 3.63) is 0 Å². The second kappa shape index (κ2) is 7.76. The smallest absolute Gasteiger partial charge is 0.236 e. The number of nitriles is 1. The van der Waals surface area contributed by atoms with Crippen molar-refractivity contribution < 1.29 is 17.9 Å². The lowest BCUT2D eigenvalue weighted by Gasteiger charge is -2.57. The molecule has 0 aromatic carbocycles. The minimum absolute atomic E-state index is 0.0109. The van der Waals surface area contributed by atoms with E-state index in [-0.39, 0.29) is 13.0 Å². The van der Waals surface area contributed by atoms with Crippen LogP contribution >= 0.6 is 0 Å². The molecule has 0 bridgehead atoms. The van der Waals surface area contributed by atoms with Crippen molar-refractivity contribution in [1.29, 1.82) is 5.26 Å². The van der Waals surface area contributed by atoms with Gasteiger partial charge >= 0.3 is 0 Å². The predicted octanol–water partition coefficient (Wildman–Crippen LogP) is -0.761. The molecule has 0 radical (unpaired) electrons. The summed E-state index contributed by atoms with van der Waals surface area (Å²) in [6.45, 7) is 1.80. The van der Waals surface area contributed by atoms with E-state index in [1.165, 1.54) is 14.0 Å². The average Bonchev–Trinajstić information content (AvgIpc) is 2.45. The third-order valence-corrected chi connectivity index (χ3v) is 5.93. The summed E-state index contributed by atoms with van der Waals surface area (Å²) in [7, 11) is 1.21. The van der Waals surface area contributed by atoms with Gasteiger partial charge in [0.25, 0.3) is 0 Å². The third kappa shape index (κ3) is 3.55. The number of piperidine rings is 1. The number of hydrogen-bond acceptors (Lipinski definition) is 8. The summed E-state index contributed by atoms with van der Waals surface area (Å²) < 4.78 is 31.6. The summed E-state index contributed by atoms with van der Waals surface area (Å²) in [5.41, 5.74) is -1.51. The minimum atomic E-state index is -3.77. The predicted molar refractivity (Wildman–Crippen MR) is 89.0 cm³/mol. The highest BCUT2D eigenvalue weighted by atomic mass is 32.2. The summed E-state index contributed by atoms with van der Waals surface area (Å²) in [5, 5.41) is 17.7. The number of nitrogens with zero attached hydrogens (tertiary/aromatic N) is 3. The van der Waals surface area contributed by atoms with Crippen LogP contribution in [0.4, 0.5) is 0 Å². The molecular formula is C14H27N5O4S. The van der Waals surface area contributed by atoms with Crippen molar-refractivity contribution >= 4 is 15.7 Å². The lowest BCUT2D eigenvalue weighted by atomic mass is 9.97. The van der Waals surface area contributed by atoms with Crippen LogP contribution in [-0.4, -0.2) is 75.6 Å². The number of nitrogens with one attached hydrogen (secondary N) is 2. The van der Waals surface area contributed by atoms with Crippen molar-refractivity contribution in [1.82, 2.24) is 20.7 Å².